The van der Waals surface area contributed by atoms with Gasteiger partial charge in [-0.25, -0.2) is 4.39 Å². The number of aromatic nitrogens is 1. The van der Waals surface area contributed by atoms with Crippen LogP contribution < -0.4 is 10.5 Å². The highest BCUT2D eigenvalue weighted by Gasteiger charge is 2.03. The lowest BCUT2D eigenvalue weighted by Crippen LogP contribution is -2.18. The fourth-order valence-electron chi connectivity index (χ4n) is 1.93. The molecule has 0 amide bonds. The van der Waals surface area contributed by atoms with E-state index in [-0.39, 0.29) is 11.9 Å². The molecule has 1 aromatic heterocycles. The summed E-state index contributed by atoms with van der Waals surface area (Å²) >= 11 is 0. The molecule has 2 aromatic rings. The molecule has 1 atom stereocenters. The van der Waals surface area contributed by atoms with Gasteiger partial charge in [-0.15, -0.1) is 0 Å². The maximum Gasteiger partial charge on any atom is 0.138 e. The smallest absolute Gasteiger partial charge is 0.138 e. The molecule has 0 radical (unpaired) electrons. The van der Waals surface area contributed by atoms with Gasteiger partial charge in [0.15, 0.2) is 0 Å². The van der Waals surface area contributed by atoms with Crippen LogP contribution in [0.25, 0.3) is 0 Å². The first-order valence-electron chi connectivity index (χ1n) is 6.63. The number of rotatable bonds is 5. The minimum Gasteiger partial charge on any atom is -0.487 e. The zero-order valence-corrected chi connectivity index (χ0v) is 11.8. The van der Waals surface area contributed by atoms with Crippen molar-refractivity contribution in [3.8, 4) is 5.75 Å². The molecule has 0 fully saturated rings. The second-order valence-electron chi connectivity index (χ2n) is 5.03. The SMILES string of the molecule is Cc1cc(F)ccc1COc1ccc(CC(C)N)nc1. The molecule has 3 nitrogen and oxygen atoms in total. The largest absolute Gasteiger partial charge is 0.487 e. The Morgan fingerprint density at radius 1 is 1.30 bits per heavy atom. The van der Waals surface area contributed by atoms with Gasteiger partial charge in [0.2, 0.25) is 0 Å². The Labute approximate surface area is 118 Å². The van der Waals surface area contributed by atoms with Crippen LogP contribution in [-0.2, 0) is 13.0 Å². The minimum absolute atomic E-state index is 0.0936. The molecule has 4 heteroatoms. The summed E-state index contributed by atoms with van der Waals surface area (Å²) in [5.41, 5.74) is 8.52. The highest BCUT2D eigenvalue weighted by atomic mass is 19.1. The standard InChI is InChI=1S/C16H19FN2O/c1-11-7-14(17)4-3-13(11)10-20-16-6-5-15(19-9-16)8-12(2)18/h3-7,9,12H,8,10,18H2,1-2H3. The summed E-state index contributed by atoms with van der Waals surface area (Å²) in [4.78, 5) is 4.30. The quantitative estimate of drug-likeness (QED) is 0.911. The second kappa shape index (κ2) is 6.48. The van der Waals surface area contributed by atoms with Crippen molar-refractivity contribution >= 4 is 0 Å². The molecule has 0 spiro atoms. The van der Waals surface area contributed by atoms with Gasteiger partial charge in [0, 0.05) is 18.2 Å². The maximum absolute atomic E-state index is 13.0. The van der Waals surface area contributed by atoms with Crippen molar-refractivity contribution < 1.29 is 9.13 Å². The van der Waals surface area contributed by atoms with Crippen molar-refractivity contribution in [2.75, 3.05) is 0 Å². The Hall–Kier alpha value is -1.94. The molecule has 0 saturated heterocycles. The lowest BCUT2D eigenvalue weighted by molar-refractivity contribution is 0.304. The monoisotopic (exact) mass is 274 g/mol. The summed E-state index contributed by atoms with van der Waals surface area (Å²) < 4.78 is 18.7. The van der Waals surface area contributed by atoms with Crippen LogP contribution in [0.3, 0.4) is 0 Å². The lowest BCUT2D eigenvalue weighted by atomic mass is 10.1. The zero-order valence-electron chi connectivity index (χ0n) is 11.8. The van der Waals surface area contributed by atoms with E-state index in [0.29, 0.717) is 12.4 Å². The predicted molar refractivity (Wildman–Crippen MR) is 77.1 cm³/mol. The second-order valence-corrected chi connectivity index (χ2v) is 5.03. The van der Waals surface area contributed by atoms with Crippen LogP contribution in [-0.4, -0.2) is 11.0 Å². The topological polar surface area (TPSA) is 48.1 Å². The van der Waals surface area contributed by atoms with E-state index < -0.39 is 0 Å². The summed E-state index contributed by atoms with van der Waals surface area (Å²) in [7, 11) is 0. The Kier molecular flexibility index (Phi) is 4.69. The molecule has 0 saturated carbocycles. The number of pyridine rings is 1. The fourth-order valence-corrected chi connectivity index (χ4v) is 1.93. The highest BCUT2D eigenvalue weighted by Crippen LogP contribution is 2.15. The van der Waals surface area contributed by atoms with Gasteiger partial charge in [0.1, 0.15) is 18.2 Å². The van der Waals surface area contributed by atoms with E-state index in [0.717, 1.165) is 23.2 Å². The van der Waals surface area contributed by atoms with E-state index in [1.165, 1.54) is 12.1 Å². The molecule has 106 valence electrons. The fraction of sp³-hybridized carbons (Fsp3) is 0.312. The van der Waals surface area contributed by atoms with Crippen LogP contribution in [0.1, 0.15) is 23.7 Å². The molecule has 0 aliphatic heterocycles. The maximum atomic E-state index is 13.0. The molecule has 1 aromatic carbocycles. The summed E-state index contributed by atoms with van der Waals surface area (Å²) in [5, 5.41) is 0. The molecule has 2 rings (SSSR count). The molecule has 20 heavy (non-hydrogen) atoms. The van der Waals surface area contributed by atoms with Crippen molar-refractivity contribution in [1.29, 1.82) is 0 Å². The van der Waals surface area contributed by atoms with Gasteiger partial charge in [0.05, 0.1) is 6.20 Å². The van der Waals surface area contributed by atoms with Gasteiger partial charge in [-0.3, -0.25) is 4.98 Å². The average molecular weight is 274 g/mol. The van der Waals surface area contributed by atoms with Gasteiger partial charge >= 0.3 is 0 Å². The number of ether oxygens (including phenoxy) is 1. The molecule has 0 bridgehead atoms. The van der Waals surface area contributed by atoms with E-state index in [1.807, 2.05) is 26.0 Å². The Balaban J connectivity index is 1.96. The number of nitrogens with two attached hydrogens (primary N) is 1. The number of halogens is 1. The van der Waals surface area contributed by atoms with Crippen molar-refractivity contribution in [2.45, 2.75) is 32.9 Å². The molecule has 0 aliphatic rings. The third-order valence-electron chi connectivity index (χ3n) is 3.03. The van der Waals surface area contributed by atoms with E-state index >= 15 is 0 Å². The first-order chi connectivity index (χ1) is 9.54. The molecule has 1 heterocycles. The first-order valence-corrected chi connectivity index (χ1v) is 6.63. The molecule has 0 aliphatic carbocycles. The normalized spacial score (nSPS) is 12.2. The number of hydrogen-bond donors (Lipinski definition) is 1. The number of hydrogen-bond acceptors (Lipinski definition) is 3. The Bertz CT molecular complexity index is 567. The van der Waals surface area contributed by atoms with Crippen LogP contribution in [0.15, 0.2) is 36.5 Å². The van der Waals surface area contributed by atoms with Crippen molar-refractivity contribution in [2.24, 2.45) is 5.73 Å². The average Bonchev–Trinajstić information content (AvgIpc) is 2.39. The van der Waals surface area contributed by atoms with Crippen LogP contribution in [0.2, 0.25) is 0 Å². The van der Waals surface area contributed by atoms with Gasteiger partial charge in [-0.1, -0.05) is 6.07 Å². The molecule has 1 unspecified atom stereocenters. The van der Waals surface area contributed by atoms with E-state index in [2.05, 4.69) is 4.98 Å². The third kappa shape index (κ3) is 4.03. The van der Waals surface area contributed by atoms with Crippen LogP contribution >= 0.6 is 0 Å². The van der Waals surface area contributed by atoms with Crippen molar-refractivity contribution in [3.63, 3.8) is 0 Å². The number of nitrogens with zero attached hydrogens (tertiary/aromatic N) is 1. The Morgan fingerprint density at radius 2 is 2.10 bits per heavy atom. The summed E-state index contributed by atoms with van der Waals surface area (Å²) in [5.74, 6) is 0.468. The van der Waals surface area contributed by atoms with Gasteiger partial charge < -0.3 is 10.5 Å². The lowest BCUT2D eigenvalue weighted by Gasteiger charge is -2.09. The van der Waals surface area contributed by atoms with Crippen LogP contribution in [0, 0.1) is 12.7 Å². The zero-order chi connectivity index (χ0) is 14.5. The first kappa shape index (κ1) is 14.5. The van der Waals surface area contributed by atoms with E-state index in [1.54, 1.807) is 12.3 Å². The van der Waals surface area contributed by atoms with Crippen molar-refractivity contribution in [3.05, 3.63) is 59.2 Å². The predicted octanol–water partition coefficient (Wildman–Crippen LogP) is 3.00. The van der Waals surface area contributed by atoms with Gasteiger partial charge in [-0.05, 0) is 49.2 Å². The molecular formula is C16H19FN2O. The van der Waals surface area contributed by atoms with Crippen LogP contribution in [0.4, 0.5) is 4.39 Å². The number of aryl methyl sites for hydroxylation is 1. The van der Waals surface area contributed by atoms with Crippen LogP contribution in [0.5, 0.6) is 5.75 Å². The van der Waals surface area contributed by atoms with Gasteiger partial charge in [-0.2, -0.15) is 0 Å². The van der Waals surface area contributed by atoms with Gasteiger partial charge in [0.25, 0.3) is 0 Å². The molecule has 2 N–H and O–H groups in total. The Morgan fingerprint density at radius 3 is 2.70 bits per heavy atom. The minimum atomic E-state index is -0.229. The number of benzene rings is 1. The van der Waals surface area contributed by atoms with E-state index in [4.69, 9.17) is 10.5 Å². The van der Waals surface area contributed by atoms with Crippen molar-refractivity contribution in [1.82, 2.24) is 4.98 Å². The van der Waals surface area contributed by atoms with E-state index in [9.17, 15) is 4.39 Å². The highest BCUT2D eigenvalue weighted by molar-refractivity contribution is 5.27. The molecular weight excluding hydrogens is 255 g/mol. The summed E-state index contributed by atoms with van der Waals surface area (Å²) in [6, 6.07) is 8.57. The summed E-state index contributed by atoms with van der Waals surface area (Å²) in [6.45, 7) is 4.22. The summed E-state index contributed by atoms with van der Waals surface area (Å²) in [6.07, 6.45) is 2.44. The third-order valence-corrected chi connectivity index (χ3v) is 3.03.